The van der Waals surface area contributed by atoms with Crippen LogP contribution in [-0.2, 0) is 4.74 Å². The fraction of sp³-hybridized carbons (Fsp3) is 0.938. The second-order valence-corrected chi connectivity index (χ2v) is 7.92. The van der Waals surface area contributed by atoms with Crippen molar-refractivity contribution in [2.75, 3.05) is 19.6 Å². The van der Waals surface area contributed by atoms with Crippen LogP contribution in [0.3, 0.4) is 0 Å². The third kappa shape index (κ3) is 3.89. The molecular weight excluding hydrogens is 266 g/mol. The Labute approximate surface area is 127 Å². The maximum atomic E-state index is 11.7. The molecular formula is C16H29N3O2. The van der Waals surface area contributed by atoms with Crippen molar-refractivity contribution in [2.45, 2.75) is 70.2 Å². The van der Waals surface area contributed by atoms with Crippen molar-refractivity contribution in [3.05, 3.63) is 0 Å². The van der Waals surface area contributed by atoms with Crippen LogP contribution in [0.5, 0.6) is 0 Å². The molecule has 1 amide bonds. The lowest BCUT2D eigenvalue weighted by atomic mass is 9.80. The van der Waals surface area contributed by atoms with Crippen LogP contribution in [0.15, 0.2) is 0 Å². The number of ether oxygens (including phenoxy) is 1. The van der Waals surface area contributed by atoms with Gasteiger partial charge in [-0.3, -0.25) is 0 Å². The highest BCUT2D eigenvalue weighted by atomic mass is 16.6. The molecule has 1 unspecified atom stereocenters. The van der Waals surface area contributed by atoms with Gasteiger partial charge in [0.2, 0.25) is 0 Å². The molecule has 0 spiro atoms. The molecule has 2 bridgehead atoms. The van der Waals surface area contributed by atoms with Gasteiger partial charge in [-0.05, 0) is 65.5 Å². The van der Waals surface area contributed by atoms with Crippen LogP contribution in [0.25, 0.3) is 0 Å². The van der Waals surface area contributed by atoms with Crippen molar-refractivity contribution in [2.24, 2.45) is 5.92 Å². The van der Waals surface area contributed by atoms with E-state index in [1.807, 2.05) is 20.8 Å². The van der Waals surface area contributed by atoms with E-state index in [-0.39, 0.29) is 12.1 Å². The first-order chi connectivity index (χ1) is 9.89. The van der Waals surface area contributed by atoms with Gasteiger partial charge in [0.25, 0.3) is 0 Å². The molecule has 3 saturated heterocycles. The maximum absolute atomic E-state index is 11.7. The molecule has 21 heavy (non-hydrogen) atoms. The number of nitrogens with zero attached hydrogens (tertiary/aromatic N) is 1. The topological polar surface area (TPSA) is 53.6 Å². The molecule has 0 aromatic rings. The van der Waals surface area contributed by atoms with Crippen molar-refractivity contribution in [1.82, 2.24) is 15.5 Å². The number of rotatable bonds is 3. The summed E-state index contributed by atoms with van der Waals surface area (Å²) in [7, 11) is 0. The average Bonchev–Trinajstić information content (AvgIpc) is 2.35. The smallest absolute Gasteiger partial charge is 0.407 e. The van der Waals surface area contributed by atoms with E-state index in [4.69, 9.17) is 4.74 Å². The second-order valence-electron chi connectivity index (χ2n) is 7.92. The van der Waals surface area contributed by atoms with Crippen molar-refractivity contribution in [1.29, 1.82) is 0 Å². The summed E-state index contributed by atoms with van der Waals surface area (Å²) in [6.45, 7) is 9.47. The van der Waals surface area contributed by atoms with E-state index in [1.54, 1.807) is 0 Å². The highest BCUT2D eigenvalue weighted by Crippen LogP contribution is 2.30. The molecule has 4 aliphatic rings. The van der Waals surface area contributed by atoms with E-state index in [0.717, 1.165) is 18.8 Å². The van der Waals surface area contributed by atoms with Gasteiger partial charge in [-0.1, -0.05) is 0 Å². The predicted molar refractivity (Wildman–Crippen MR) is 82.3 cm³/mol. The Balaban J connectivity index is 1.35. The van der Waals surface area contributed by atoms with Crippen molar-refractivity contribution < 1.29 is 9.53 Å². The number of nitrogens with one attached hydrogen (secondary N) is 2. The lowest BCUT2D eigenvalue weighted by Crippen LogP contribution is -2.62. The maximum Gasteiger partial charge on any atom is 0.407 e. The zero-order valence-electron chi connectivity index (χ0n) is 13.5. The molecule has 0 radical (unpaired) electrons. The zero-order chi connectivity index (χ0) is 15.0. The van der Waals surface area contributed by atoms with E-state index in [1.165, 1.54) is 32.5 Å². The molecule has 2 N–H and O–H groups in total. The Morgan fingerprint density at radius 3 is 2.33 bits per heavy atom. The molecule has 0 aromatic carbocycles. The molecule has 4 rings (SSSR count). The van der Waals surface area contributed by atoms with Gasteiger partial charge in [0.15, 0.2) is 0 Å². The highest BCUT2D eigenvalue weighted by Gasteiger charge is 2.38. The molecule has 120 valence electrons. The van der Waals surface area contributed by atoms with Crippen LogP contribution in [0.2, 0.25) is 0 Å². The standard InChI is InChI=1S/C16H29N3O2/c1-16(2,3)21-15(20)18-13-8-12(9-13)17-14-10-19-6-4-11(14)5-7-19/h11-14,17H,4-10H2,1-3H3,(H,18,20). The summed E-state index contributed by atoms with van der Waals surface area (Å²) >= 11 is 0. The molecule has 3 heterocycles. The largest absolute Gasteiger partial charge is 0.444 e. The highest BCUT2D eigenvalue weighted by molar-refractivity contribution is 5.68. The molecule has 3 aliphatic heterocycles. The van der Waals surface area contributed by atoms with Crippen LogP contribution < -0.4 is 10.6 Å². The molecule has 5 nitrogen and oxygen atoms in total. The number of piperidine rings is 3. The SMILES string of the molecule is CC(C)(C)OC(=O)NC1CC(NC2CN3CCC2CC3)C1. The Bertz CT molecular complexity index is 379. The van der Waals surface area contributed by atoms with E-state index in [2.05, 4.69) is 15.5 Å². The van der Waals surface area contributed by atoms with Crippen molar-refractivity contribution in [3.8, 4) is 0 Å². The van der Waals surface area contributed by atoms with Gasteiger partial charge in [0.05, 0.1) is 0 Å². The number of alkyl carbamates (subject to hydrolysis) is 1. The Morgan fingerprint density at radius 2 is 1.81 bits per heavy atom. The van der Waals surface area contributed by atoms with Gasteiger partial charge >= 0.3 is 6.09 Å². The first kappa shape index (κ1) is 15.1. The molecule has 5 heteroatoms. The number of fused-ring (bicyclic) bond motifs is 3. The van der Waals surface area contributed by atoms with Gasteiger partial charge in [-0.15, -0.1) is 0 Å². The number of hydrogen-bond acceptors (Lipinski definition) is 4. The van der Waals surface area contributed by atoms with E-state index in [0.29, 0.717) is 12.1 Å². The average molecular weight is 295 g/mol. The van der Waals surface area contributed by atoms with E-state index < -0.39 is 5.60 Å². The summed E-state index contributed by atoms with van der Waals surface area (Å²) in [5.41, 5.74) is -0.415. The first-order valence-corrected chi connectivity index (χ1v) is 8.37. The predicted octanol–water partition coefficient (Wildman–Crippen LogP) is 1.73. The monoisotopic (exact) mass is 295 g/mol. The minimum atomic E-state index is -0.415. The summed E-state index contributed by atoms with van der Waals surface area (Å²) in [6.07, 6.45) is 4.48. The minimum Gasteiger partial charge on any atom is -0.444 e. The molecule has 1 aliphatic carbocycles. The normalized spacial score (nSPS) is 38.7. The summed E-state index contributed by atoms with van der Waals surface area (Å²) in [4.78, 5) is 14.3. The van der Waals surface area contributed by atoms with Crippen molar-refractivity contribution in [3.63, 3.8) is 0 Å². The van der Waals surface area contributed by atoms with Gasteiger partial charge in [-0.2, -0.15) is 0 Å². The molecule has 1 saturated carbocycles. The third-order valence-electron chi connectivity index (χ3n) is 4.96. The number of amides is 1. The summed E-state index contributed by atoms with van der Waals surface area (Å²) in [6, 6.07) is 1.51. The number of carbonyl (C=O) groups is 1. The Morgan fingerprint density at radius 1 is 1.14 bits per heavy atom. The lowest BCUT2D eigenvalue weighted by Gasteiger charge is -2.48. The van der Waals surface area contributed by atoms with Gasteiger partial charge in [0.1, 0.15) is 5.60 Å². The van der Waals surface area contributed by atoms with Crippen LogP contribution >= 0.6 is 0 Å². The number of hydrogen-bond donors (Lipinski definition) is 2. The third-order valence-corrected chi connectivity index (χ3v) is 4.96. The molecule has 0 aromatic heterocycles. The Hall–Kier alpha value is -0.810. The zero-order valence-corrected chi connectivity index (χ0v) is 13.5. The lowest BCUT2D eigenvalue weighted by molar-refractivity contribution is 0.0407. The first-order valence-electron chi connectivity index (χ1n) is 8.37. The van der Waals surface area contributed by atoms with Crippen LogP contribution in [0.1, 0.15) is 46.5 Å². The fourth-order valence-corrected chi connectivity index (χ4v) is 3.80. The van der Waals surface area contributed by atoms with E-state index in [9.17, 15) is 4.79 Å². The Kier molecular flexibility index (Phi) is 4.14. The van der Waals surface area contributed by atoms with Crippen molar-refractivity contribution >= 4 is 6.09 Å². The van der Waals surface area contributed by atoms with E-state index >= 15 is 0 Å². The summed E-state index contributed by atoms with van der Waals surface area (Å²) in [5.74, 6) is 0.868. The quantitative estimate of drug-likeness (QED) is 0.832. The number of carbonyl (C=O) groups excluding carboxylic acids is 1. The van der Waals surface area contributed by atoms with Crippen LogP contribution in [-0.4, -0.2) is 54.4 Å². The van der Waals surface area contributed by atoms with Crippen LogP contribution in [0, 0.1) is 5.92 Å². The summed E-state index contributed by atoms with van der Waals surface area (Å²) in [5, 5.41) is 6.77. The minimum absolute atomic E-state index is 0.276. The van der Waals surface area contributed by atoms with Crippen LogP contribution in [0.4, 0.5) is 4.79 Å². The van der Waals surface area contributed by atoms with Gasteiger partial charge in [0, 0.05) is 24.7 Å². The van der Waals surface area contributed by atoms with Gasteiger partial charge < -0.3 is 20.3 Å². The molecule has 1 atom stereocenters. The summed E-state index contributed by atoms with van der Waals surface area (Å²) < 4.78 is 5.29. The second kappa shape index (κ2) is 5.76. The fourth-order valence-electron chi connectivity index (χ4n) is 3.80. The van der Waals surface area contributed by atoms with Gasteiger partial charge in [-0.25, -0.2) is 4.79 Å². The molecule has 4 fully saturated rings.